The predicted molar refractivity (Wildman–Crippen MR) is 70.9 cm³/mol. The highest BCUT2D eigenvalue weighted by Gasteiger charge is 2.15. The van der Waals surface area contributed by atoms with Crippen LogP contribution in [-0.2, 0) is 23.8 Å². The molecule has 7 heteroatoms. The fourth-order valence-electron chi connectivity index (χ4n) is 1.65. The van der Waals surface area contributed by atoms with Gasteiger partial charge in [-0.25, -0.2) is 4.39 Å². The summed E-state index contributed by atoms with van der Waals surface area (Å²) in [6, 6.07) is 5.61. The minimum absolute atomic E-state index is 0.0117. The van der Waals surface area contributed by atoms with E-state index >= 15 is 0 Å². The third-order valence-corrected chi connectivity index (χ3v) is 3.05. The smallest absolute Gasteiger partial charge is 0.303 e. The van der Waals surface area contributed by atoms with E-state index in [0.717, 1.165) is 6.26 Å². The highest BCUT2D eigenvalue weighted by Crippen LogP contribution is 2.23. The van der Waals surface area contributed by atoms with Gasteiger partial charge in [0.05, 0.1) is 12.9 Å². The Kier molecular flexibility index (Phi) is 6.09. The fraction of sp³-hybridized carbons (Fsp3) is 0.462. The molecule has 0 radical (unpaired) electrons. The van der Waals surface area contributed by atoms with Crippen molar-refractivity contribution in [1.29, 1.82) is 0 Å². The molecule has 0 aliphatic heterocycles. The maximum atomic E-state index is 12.9. The molecule has 0 heterocycles. The van der Waals surface area contributed by atoms with Crippen molar-refractivity contribution in [2.75, 3.05) is 12.9 Å². The summed E-state index contributed by atoms with van der Waals surface area (Å²) in [5, 5.41) is 0. The number of esters is 1. The van der Waals surface area contributed by atoms with Crippen molar-refractivity contribution in [3.05, 3.63) is 35.6 Å². The second kappa shape index (κ2) is 7.35. The zero-order valence-electron chi connectivity index (χ0n) is 11.3. The van der Waals surface area contributed by atoms with Crippen LogP contribution in [0.1, 0.15) is 31.4 Å². The summed E-state index contributed by atoms with van der Waals surface area (Å²) >= 11 is 0. The molecule has 1 aromatic rings. The molecule has 0 bridgehead atoms. The Morgan fingerprint density at radius 1 is 1.30 bits per heavy atom. The van der Waals surface area contributed by atoms with E-state index in [1.54, 1.807) is 0 Å². The molecule has 0 aliphatic rings. The molecule has 0 spiro atoms. The first kappa shape index (κ1) is 16.6. The van der Waals surface area contributed by atoms with E-state index in [-0.39, 0.29) is 12.4 Å². The van der Waals surface area contributed by atoms with Crippen LogP contribution in [0.3, 0.4) is 0 Å². The molecule has 5 nitrogen and oxygen atoms in total. The quantitative estimate of drug-likeness (QED) is 0.439. The SMILES string of the molecule is CC(=O)O[C@H](CCCOS(C)(=O)=O)c1ccc(F)cc1. The Hall–Kier alpha value is -1.47. The zero-order chi connectivity index (χ0) is 15.2. The van der Waals surface area contributed by atoms with Crippen molar-refractivity contribution in [3.8, 4) is 0 Å². The third kappa shape index (κ3) is 6.63. The standard InChI is InChI=1S/C13H17FO5S/c1-10(15)19-13(4-3-9-18-20(2,16)17)11-5-7-12(14)8-6-11/h5-8,13H,3-4,9H2,1-2H3/t13-/m1/s1. The van der Waals surface area contributed by atoms with Crippen molar-refractivity contribution in [2.45, 2.75) is 25.9 Å². The van der Waals surface area contributed by atoms with Crippen LogP contribution in [0.5, 0.6) is 0 Å². The van der Waals surface area contributed by atoms with Crippen LogP contribution in [0, 0.1) is 5.82 Å². The molecule has 0 unspecified atom stereocenters. The van der Waals surface area contributed by atoms with Gasteiger partial charge >= 0.3 is 5.97 Å². The van der Waals surface area contributed by atoms with Gasteiger partial charge in [0.1, 0.15) is 11.9 Å². The lowest BCUT2D eigenvalue weighted by molar-refractivity contribution is -0.147. The van der Waals surface area contributed by atoms with Gasteiger partial charge < -0.3 is 4.74 Å². The summed E-state index contributed by atoms with van der Waals surface area (Å²) in [7, 11) is -3.47. The maximum absolute atomic E-state index is 12.9. The number of hydrogen-bond donors (Lipinski definition) is 0. The van der Waals surface area contributed by atoms with Gasteiger partial charge in [-0.1, -0.05) is 12.1 Å². The van der Waals surface area contributed by atoms with Crippen LogP contribution in [-0.4, -0.2) is 27.2 Å². The van der Waals surface area contributed by atoms with Crippen LogP contribution < -0.4 is 0 Å². The van der Waals surface area contributed by atoms with Crippen LogP contribution in [0.15, 0.2) is 24.3 Å². The Labute approximate surface area is 117 Å². The lowest BCUT2D eigenvalue weighted by Gasteiger charge is -2.17. The minimum Gasteiger partial charge on any atom is -0.458 e. The monoisotopic (exact) mass is 304 g/mol. The largest absolute Gasteiger partial charge is 0.458 e. The van der Waals surface area contributed by atoms with Gasteiger partial charge in [0.15, 0.2) is 0 Å². The van der Waals surface area contributed by atoms with Crippen molar-refractivity contribution in [1.82, 2.24) is 0 Å². The summed E-state index contributed by atoms with van der Waals surface area (Å²) in [4.78, 5) is 11.1. The van der Waals surface area contributed by atoms with E-state index < -0.39 is 22.2 Å². The van der Waals surface area contributed by atoms with Crippen LogP contribution in [0.2, 0.25) is 0 Å². The van der Waals surface area contributed by atoms with Gasteiger partial charge in [0.25, 0.3) is 10.1 Å². The molecule has 1 aromatic carbocycles. The number of benzene rings is 1. The fourth-order valence-corrected chi connectivity index (χ4v) is 2.07. The van der Waals surface area contributed by atoms with E-state index in [1.165, 1.54) is 31.2 Å². The van der Waals surface area contributed by atoms with Crippen molar-refractivity contribution >= 4 is 16.1 Å². The van der Waals surface area contributed by atoms with Crippen molar-refractivity contribution in [3.63, 3.8) is 0 Å². The summed E-state index contributed by atoms with van der Waals surface area (Å²) in [5.41, 5.74) is 0.654. The van der Waals surface area contributed by atoms with E-state index in [0.29, 0.717) is 18.4 Å². The number of carbonyl (C=O) groups excluding carboxylic acids is 1. The first-order valence-electron chi connectivity index (χ1n) is 6.05. The average molecular weight is 304 g/mol. The summed E-state index contributed by atoms with van der Waals surface area (Å²) < 4.78 is 44.2. The molecule has 1 rings (SSSR count). The zero-order valence-corrected chi connectivity index (χ0v) is 12.2. The number of hydrogen-bond acceptors (Lipinski definition) is 5. The predicted octanol–water partition coefficient (Wildman–Crippen LogP) is 2.19. The number of halogens is 1. The molecule has 112 valence electrons. The van der Waals surface area contributed by atoms with E-state index in [2.05, 4.69) is 4.18 Å². The van der Waals surface area contributed by atoms with Crippen molar-refractivity contribution < 1.29 is 26.5 Å². The number of carbonyl (C=O) groups is 1. The van der Waals surface area contributed by atoms with Crippen LogP contribution >= 0.6 is 0 Å². The molecule has 0 aliphatic carbocycles. The molecule has 0 aromatic heterocycles. The molecular weight excluding hydrogens is 287 g/mol. The molecule has 0 saturated carbocycles. The molecule has 20 heavy (non-hydrogen) atoms. The minimum atomic E-state index is -3.47. The topological polar surface area (TPSA) is 69.7 Å². The molecular formula is C13H17FO5S. The highest BCUT2D eigenvalue weighted by molar-refractivity contribution is 7.85. The van der Waals surface area contributed by atoms with E-state index in [1.807, 2.05) is 0 Å². The lowest BCUT2D eigenvalue weighted by atomic mass is 10.0. The number of rotatable bonds is 7. The molecule has 0 amide bonds. The van der Waals surface area contributed by atoms with Crippen LogP contribution in [0.4, 0.5) is 4.39 Å². The van der Waals surface area contributed by atoms with Gasteiger partial charge in [-0.15, -0.1) is 0 Å². The summed E-state index contributed by atoms with van der Waals surface area (Å²) in [6.45, 7) is 1.29. The number of ether oxygens (including phenoxy) is 1. The second-order valence-electron chi connectivity index (χ2n) is 4.32. The average Bonchev–Trinajstić information content (AvgIpc) is 2.32. The first-order valence-corrected chi connectivity index (χ1v) is 7.86. The Morgan fingerprint density at radius 3 is 2.40 bits per heavy atom. The normalized spacial score (nSPS) is 12.9. The Morgan fingerprint density at radius 2 is 1.90 bits per heavy atom. The lowest BCUT2D eigenvalue weighted by Crippen LogP contribution is -2.11. The van der Waals surface area contributed by atoms with Gasteiger partial charge in [-0.3, -0.25) is 8.98 Å². The molecule has 0 fully saturated rings. The van der Waals surface area contributed by atoms with Gasteiger partial charge in [-0.2, -0.15) is 8.42 Å². The molecule has 0 saturated heterocycles. The van der Waals surface area contributed by atoms with Gasteiger partial charge in [0, 0.05) is 6.92 Å². The van der Waals surface area contributed by atoms with Crippen LogP contribution in [0.25, 0.3) is 0 Å². The third-order valence-electron chi connectivity index (χ3n) is 2.46. The Balaban J connectivity index is 2.61. The van der Waals surface area contributed by atoms with E-state index in [4.69, 9.17) is 4.74 Å². The Bertz CT molecular complexity index is 538. The second-order valence-corrected chi connectivity index (χ2v) is 5.96. The first-order chi connectivity index (χ1) is 9.28. The maximum Gasteiger partial charge on any atom is 0.303 e. The molecule has 1 atom stereocenters. The summed E-state index contributed by atoms with van der Waals surface area (Å²) in [6.07, 6.45) is 1.20. The highest BCUT2D eigenvalue weighted by atomic mass is 32.2. The van der Waals surface area contributed by atoms with Gasteiger partial charge in [0.2, 0.25) is 0 Å². The van der Waals surface area contributed by atoms with Crippen molar-refractivity contribution in [2.24, 2.45) is 0 Å². The molecule has 0 N–H and O–H groups in total. The van der Waals surface area contributed by atoms with E-state index in [9.17, 15) is 17.6 Å². The van der Waals surface area contributed by atoms with Gasteiger partial charge in [-0.05, 0) is 30.5 Å². The summed E-state index contributed by atoms with van der Waals surface area (Å²) in [5.74, 6) is -0.834.